The number of halogens is 3. The van der Waals surface area contributed by atoms with Crippen LogP contribution in [-0.2, 0) is 0 Å². The van der Waals surface area contributed by atoms with Gasteiger partial charge in [0.05, 0.1) is 17.4 Å². The maximum atomic E-state index is 12.8. The molecule has 1 fully saturated rings. The van der Waals surface area contributed by atoms with Gasteiger partial charge in [-0.05, 0) is 6.92 Å². The zero-order chi connectivity index (χ0) is 17.2. The van der Waals surface area contributed by atoms with Crippen LogP contribution in [0.25, 0.3) is 0 Å². The van der Waals surface area contributed by atoms with Gasteiger partial charge in [-0.1, -0.05) is 0 Å². The number of nitrogens with one attached hydrogen (secondary N) is 1. The van der Waals surface area contributed by atoms with Gasteiger partial charge in [0.15, 0.2) is 11.5 Å². The highest BCUT2D eigenvalue weighted by Crippen LogP contribution is 2.32. The molecular formula is C13H15F3N4O3. The Balaban J connectivity index is 2.52. The summed E-state index contributed by atoms with van der Waals surface area (Å²) in [5.74, 6) is -4.92. The molecule has 2 heterocycles. The molecule has 1 aromatic heterocycles. The van der Waals surface area contributed by atoms with Crippen molar-refractivity contribution in [3.8, 4) is 0 Å². The lowest BCUT2D eigenvalue weighted by Gasteiger charge is -2.31. The quantitative estimate of drug-likeness (QED) is 0.793. The van der Waals surface area contributed by atoms with E-state index < -0.39 is 29.5 Å². The van der Waals surface area contributed by atoms with Crippen molar-refractivity contribution in [2.45, 2.75) is 13.1 Å². The van der Waals surface area contributed by atoms with Gasteiger partial charge in [-0.2, -0.15) is 18.3 Å². The van der Waals surface area contributed by atoms with Gasteiger partial charge >= 0.3 is 12.1 Å². The van der Waals surface area contributed by atoms with Crippen LogP contribution >= 0.6 is 0 Å². The van der Waals surface area contributed by atoms with Crippen molar-refractivity contribution in [1.82, 2.24) is 15.5 Å². The predicted molar refractivity (Wildman–Crippen MR) is 73.6 cm³/mol. The van der Waals surface area contributed by atoms with Crippen LogP contribution in [0, 0.1) is 5.92 Å². The Kier molecular flexibility index (Phi) is 4.83. The van der Waals surface area contributed by atoms with Crippen LogP contribution < -0.4 is 10.2 Å². The average molecular weight is 332 g/mol. The van der Waals surface area contributed by atoms with Crippen LogP contribution in [0.15, 0.2) is 6.20 Å². The molecule has 10 heteroatoms. The molecule has 1 saturated heterocycles. The van der Waals surface area contributed by atoms with E-state index in [1.807, 2.05) is 0 Å². The van der Waals surface area contributed by atoms with E-state index in [2.05, 4.69) is 15.5 Å². The zero-order valence-corrected chi connectivity index (χ0v) is 12.2. The Morgan fingerprint density at radius 3 is 2.48 bits per heavy atom. The summed E-state index contributed by atoms with van der Waals surface area (Å²) in [5, 5.41) is 19.1. The van der Waals surface area contributed by atoms with Crippen molar-refractivity contribution in [3.63, 3.8) is 0 Å². The molecule has 7 nitrogen and oxygen atoms in total. The maximum Gasteiger partial charge on any atom is 0.398 e. The Hall–Kier alpha value is -2.23. The van der Waals surface area contributed by atoms with Gasteiger partial charge in [0.2, 0.25) is 0 Å². The summed E-state index contributed by atoms with van der Waals surface area (Å²) in [6, 6.07) is 0. The number of alkyl halides is 3. The number of anilines is 1. The summed E-state index contributed by atoms with van der Waals surface area (Å²) in [6.07, 6.45) is -3.82. The molecule has 1 unspecified atom stereocenters. The van der Waals surface area contributed by atoms with E-state index in [1.165, 1.54) is 0 Å². The highest BCUT2D eigenvalue weighted by Gasteiger charge is 2.43. The normalized spacial score (nSPS) is 17.0. The summed E-state index contributed by atoms with van der Waals surface area (Å²) in [6.45, 7) is 2.48. The standard InChI is InChI=1S/C13H15F3N4O3/c1-7(13(14,15)16)11(21)8-6-18-19-9(12(22)23)10(8)20-4-2-17-3-5-20/h6-7,17H,2-5H2,1H3,(H,22,23). The van der Waals surface area contributed by atoms with Gasteiger partial charge in [-0.15, -0.1) is 5.10 Å². The lowest BCUT2D eigenvalue weighted by molar-refractivity contribution is -0.155. The number of aromatic carboxylic acids is 1. The molecule has 2 N–H and O–H groups in total. The van der Waals surface area contributed by atoms with Gasteiger partial charge in [0, 0.05) is 26.2 Å². The second-order valence-electron chi connectivity index (χ2n) is 5.13. The third-order valence-corrected chi connectivity index (χ3v) is 3.61. The predicted octanol–water partition coefficient (Wildman–Crippen LogP) is 0.965. The summed E-state index contributed by atoms with van der Waals surface area (Å²) < 4.78 is 38.5. The number of carboxylic acids is 1. The number of nitrogens with zero attached hydrogens (tertiary/aromatic N) is 3. The molecule has 0 bridgehead atoms. The van der Waals surface area contributed by atoms with E-state index in [4.69, 9.17) is 0 Å². The molecule has 0 aromatic carbocycles. The largest absolute Gasteiger partial charge is 0.476 e. The number of rotatable bonds is 4. The second-order valence-corrected chi connectivity index (χ2v) is 5.13. The third-order valence-electron chi connectivity index (χ3n) is 3.61. The Morgan fingerprint density at radius 1 is 1.35 bits per heavy atom. The highest BCUT2D eigenvalue weighted by molar-refractivity contribution is 6.06. The third kappa shape index (κ3) is 3.58. The van der Waals surface area contributed by atoms with Crippen LogP contribution in [0.4, 0.5) is 18.9 Å². The fraction of sp³-hybridized carbons (Fsp3) is 0.538. The SMILES string of the molecule is CC(C(=O)c1cnnc(C(=O)O)c1N1CCNCC1)C(F)(F)F. The van der Waals surface area contributed by atoms with Crippen molar-refractivity contribution in [1.29, 1.82) is 0 Å². The molecule has 1 aromatic rings. The number of aromatic nitrogens is 2. The molecule has 1 atom stereocenters. The first-order valence-electron chi connectivity index (χ1n) is 6.89. The van der Waals surface area contributed by atoms with Crippen LogP contribution in [-0.4, -0.2) is 59.4 Å². The molecule has 0 saturated carbocycles. The fourth-order valence-corrected chi connectivity index (χ4v) is 2.30. The van der Waals surface area contributed by atoms with E-state index in [0.717, 1.165) is 13.1 Å². The molecule has 0 aliphatic carbocycles. The first-order chi connectivity index (χ1) is 10.7. The van der Waals surface area contributed by atoms with E-state index in [9.17, 15) is 27.9 Å². The summed E-state index contributed by atoms with van der Waals surface area (Å²) in [7, 11) is 0. The molecule has 0 radical (unpaired) electrons. The number of hydrogen-bond acceptors (Lipinski definition) is 6. The van der Waals surface area contributed by atoms with Crippen molar-refractivity contribution in [2.24, 2.45) is 5.92 Å². The number of Topliss-reactive ketones (excluding diaryl/α,β-unsaturated/α-hetero) is 1. The minimum atomic E-state index is -4.72. The number of carbonyl (C=O) groups excluding carboxylic acids is 1. The van der Waals surface area contributed by atoms with Crippen LogP contribution in [0.5, 0.6) is 0 Å². The molecule has 1 aliphatic rings. The first-order valence-corrected chi connectivity index (χ1v) is 6.89. The number of piperazine rings is 1. The maximum absolute atomic E-state index is 12.8. The van der Waals surface area contributed by atoms with E-state index in [1.54, 1.807) is 4.90 Å². The van der Waals surface area contributed by atoms with E-state index in [-0.39, 0.29) is 11.3 Å². The number of carboxylic acid groups (broad SMARTS) is 1. The molecule has 126 valence electrons. The van der Waals surface area contributed by atoms with Crippen LogP contribution in [0.3, 0.4) is 0 Å². The van der Waals surface area contributed by atoms with E-state index >= 15 is 0 Å². The molecule has 23 heavy (non-hydrogen) atoms. The lowest BCUT2D eigenvalue weighted by Crippen LogP contribution is -2.45. The second kappa shape index (κ2) is 6.49. The van der Waals surface area contributed by atoms with Gasteiger partial charge in [0.1, 0.15) is 5.92 Å². The Bertz CT molecular complexity index is 615. The van der Waals surface area contributed by atoms with Gasteiger partial charge in [-0.25, -0.2) is 4.79 Å². The Morgan fingerprint density at radius 2 is 1.96 bits per heavy atom. The van der Waals surface area contributed by atoms with Gasteiger partial charge in [0.25, 0.3) is 0 Å². The molecule has 2 rings (SSSR count). The van der Waals surface area contributed by atoms with Crippen LogP contribution in [0.1, 0.15) is 27.8 Å². The van der Waals surface area contributed by atoms with Crippen molar-refractivity contribution in [2.75, 3.05) is 31.1 Å². The minimum Gasteiger partial charge on any atom is -0.476 e. The van der Waals surface area contributed by atoms with Gasteiger partial charge < -0.3 is 15.3 Å². The highest BCUT2D eigenvalue weighted by atomic mass is 19.4. The van der Waals surface area contributed by atoms with Crippen molar-refractivity contribution in [3.05, 3.63) is 17.5 Å². The number of ketones is 1. The van der Waals surface area contributed by atoms with Crippen LogP contribution in [0.2, 0.25) is 0 Å². The fourth-order valence-electron chi connectivity index (χ4n) is 2.30. The first kappa shape index (κ1) is 17.1. The summed E-state index contributed by atoms with van der Waals surface area (Å²) in [4.78, 5) is 25.1. The van der Waals surface area contributed by atoms with Gasteiger partial charge in [-0.3, -0.25) is 4.79 Å². The summed E-state index contributed by atoms with van der Waals surface area (Å²) >= 11 is 0. The Labute approximate surface area is 129 Å². The topological polar surface area (TPSA) is 95.4 Å². The smallest absolute Gasteiger partial charge is 0.398 e. The van der Waals surface area contributed by atoms with E-state index in [0.29, 0.717) is 26.2 Å². The zero-order valence-electron chi connectivity index (χ0n) is 12.2. The summed E-state index contributed by atoms with van der Waals surface area (Å²) in [5.41, 5.74) is -0.994. The number of hydrogen-bond donors (Lipinski definition) is 2. The monoisotopic (exact) mass is 332 g/mol. The minimum absolute atomic E-state index is 0.102. The molecule has 0 spiro atoms. The lowest BCUT2D eigenvalue weighted by atomic mass is 9.97. The molecular weight excluding hydrogens is 317 g/mol. The van der Waals surface area contributed by atoms with Crippen molar-refractivity contribution >= 4 is 17.4 Å². The molecule has 0 amide bonds. The molecule has 1 aliphatic heterocycles. The van der Waals surface area contributed by atoms with Crippen molar-refractivity contribution < 1.29 is 27.9 Å². The number of carbonyl (C=O) groups is 2. The average Bonchev–Trinajstić information content (AvgIpc) is 2.52.